The van der Waals surface area contributed by atoms with Crippen molar-refractivity contribution in [2.24, 2.45) is 0 Å². The van der Waals surface area contributed by atoms with E-state index < -0.39 is 0 Å². The van der Waals surface area contributed by atoms with Crippen LogP contribution in [0.15, 0.2) is 66.1 Å². The third-order valence-corrected chi connectivity index (χ3v) is 6.30. The molecule has 33 heavy (non-hydrogen) atoms. The monoisotopic (exact) mass is 458 g/mol. The fraction of sp³-hybridized carbons (Fsp3) is 0.167. The third kappa shape index (κ3) is 4.14. The van der Waals surface area contributed by atoms with Crippen LogP contribution in [0.1, 0.15) is 11.1 Å². The van der Waals surface area contributed by atoms with Crippen molar-refractivity contribution < 1.29 is 9.53 Å². The largest absolute Gasteiger partial charge is 0.497 e. The Morgan fingerprint density at radius 1 is 1.06 bits per heavy atom. The van der Waals surface area contributed by atoms with Gasteiger partial charge in [-0.3, -0.25) is 9.20 Å². The number of aryl methyl sites for hydroxylation is 2. The highest BCUT2D eigenvalue weighted by Gasteiger charge is 2.14. The van der Waals surface area contributed by atoms with Gasteiger partial charge in [0, 0.05) is 23.6 Å². The van der Waals surface area contributed by atoms with Crippen LogP contribution in [0.25, 0.3) is 22.4 Å². The molecule has 3 aromatic heterocycles. The number of rotatable bonds is 6. The maximum atomic E-state index is 12.5. The number of hydrogen-bond acceptors (Lipinski definition) is 6. The molecule has 0 aliphatic rings. The lowest BCUT2D eigenvalue weighted by Crippen LogP contribution is -2.15. The molecular formula is C24H22N6O2S. The summed E-state index contributed by atoms with van der Waals surface area (Å²) in [6.45, 7) is 4.02. The molecule has 166 valence electrons. The van der Waals surface area contributed by atoms with E-state index >= 15 is 0 Å². The summed E-state index contributed by atoms with van der Waals surface area (Å²) in [6, 6.07) is 15.7. The van der Waals surface area contributed by atoms with Crippen molar-refractivity contribution in [1.29, 1.82) is 0 Å². The van der Waals surface area contributed by atoms with Gasteiger partial charge in [0.15, 0.2) is 10.8 Å². The van der Waals surface area contributed by atoms with Crippen LogP contribution in [0.4, 0.5) is 5.69 Å². The highest BCUT2D eigenvalue weighted by molar-refractivity contribution is 7.99. The molecule has 1 N–H and O–H groups in total. The summed E-state index contributed by atoms with van der Waals surface area (Å²) in [4.78, 5) is 12.5. The van der Waals surface area contributed by atoms with Gasteiger partial charge in [0.2, 0.25) is 5.91 Å². The number of methoxy groups -OCH3 is 1. The number of thioether (sulfide) groups is 1. The van der Waals surface area contributed by atoms with Gasteiger partial charge in [0.05, 0.1) is 18.6 Å². The first-order valence-electron chi connectivity index (χ1n) is 10.4. The second-order valence-corrected chi connectivity index (χ2v) is 8.66. The van der Waals surface area contributed by atoms with Crippen LogP contribution in [0, 0.1) is 13.8 Å². The Morgan fingerprint density at radius 2 is 1.88 bits per heavy atom. The molecule has 0 saturated heterocycles. The van der Waals surface area contributed by atoms with Crippen molar-refractivity contribution >= 4 is 34.5 Å². The molecule has 0 bridgehead atoms. The topological polar surface area (TPSA) is 85.8 Å². The number of amides is 1. The van der Waals surface area contributed by atoms with Gasteiger partial charge in [-0.2, -0.15) is 5.10 Å². The normalized spacial score (nSPS) is 11.2. The zero-order valence-electron chi connectivity index (χ0n) is 18.4. The molecule has 3 heterocycles. The molecule has 0 radical (unpaired) electrons. The highest BCUT2D eigenvalue weighted by Crippen LogP contribution is 2.26. The molecule has 0 saturated carbocycles. The Labute approximate surface area is 194 Å². The van der Waals surface area contributed by atoms with Crippen LogP contribution in [0.2, 0.25) is 0 Å². The van der Waals surface area contributed by atoms with Gasteiger partial charge in [-0.25, -0.2) is 4.52 Å². The van der Waals surface area contributed by atoms with E-state index in [0.29, 0.717) is 10.8 Å². The van der Waals surface area contributed by atoms with E-state index in [1.54, 1.807) is 11.6 Å². The smallest absolute Gasteiger partial charge is 0.234 e. The first kappa shape index (κ1) is 21.0. The minimum absolute atomic E-state index is 0.0871. The molecule has 8 nitrogen and oxygen atoms in total. The van der Waals surface area contributed by atoms with E-state index in [-0.39, 0.29) is 11.7 Å². The lowest BCUT2D eigenvalue weighted by molar-refractivity contribution is -0.113. The molecule has 0 aliphatic carbocycles. The zero-order chi connectivity index (χ0) is 22.9. The number of nitrogens with zero attached hydrogens (tertiary/aromatic N) is 5. The maximum absolute atomic E-state index is 12.5. The molecule has 0 atom stereocenters. The summed E-state index contributed by atoms with van der Waals surface area (Å²) < 4.78 is 8.89. The number of carbonyl (C=O) groups is 1. The Balaban J connectivity index is 1.35. The van der Waals surface area contributed by atoms with Crippen molar-refractivity contribution in [3.05, 3.63) is 72.1 Å². The van der Waals surface area contributed by atoms with E-state index in [4.69, 9.17) is 4.74 Å². The Hall–Kier alpha value is -3.85. The van der Waals surface area contributed by atoms with Crippen molar-refractivity contribution in [3.63, 3.8) is 0 Å². The van der Waals surface area contributed by atoms with Crippen LogP contribution in [0.3, 0.4) is 0 Å². The lowest BCUT2D eigenvalue weighted by Gasteiger charge is -2.08. The van der Waals surface area contributed by atoms with Crippen molar-refractivity contribution in [1.82, 2.24) is 24.2 Å². The molecule has 0 spiro atoms. The standard InChI is InChI=1S/C24H22N6O2S/c1-15-4-9-19(16(2)12-15)25-22(31)14-33-24-27-26-23-21-13-20(28-30(21)11-10-29(23)24)17-5-7-18(32-3)8-6-17/h4-13H,14H2,1-3H3,(H,25,31). The summed E-state index contributed by atoms with van der Waals surface area (Å²) >= 11 is 1.34. The SMILES string of the molecule is COc1ccc(-c2cc3c4nnc(SCC(=O)Nc5ccc(C)cc5C)n4ccn3n2)cc1. The van der Waals surface area contributed by atoms with Crippen LogP contribution < -0.4 is 10.1 Å². The molecule has 1 amide bonds. The number of carbonyl (C=O) groups excluding carboxylic acids is 1. The highest BCUT2D eigenvalue weighted by atomic mass is 32.2. The van der Waals surface area contributed by atoms with Gasteiger partial charge in [-0.05, 0) is 55.8 Å². The van der Waals surface area contributed by atoms with Crippen LogP contribution >= 0.6 is 11.8 Å². The summed E-state index contributed by atoms with van der Waals surface area (Å²) in [7, 11) is 1.64. The maximum Gasteiger partial charge on any atom is 0.234 e. The molecule has 0 unspecified atom stereocenters. The summed E-state index contributed by atoms with van der Waals surface area (Å²) in [6.07, 6.45) is 3.72. The Bertz CT molecular complexity index is 1470. The Morgan fingerprint density at radius 3 is 2.64 bits per heavy atom. The average molecular weight is 459 g/mol. The second-order valence-electron chi connectivity index (χ2n) is 7.72. The predicted octanol–water partition coefficient (Wildman–Crippen LogP) is 4.40. The van der Waals surface area contributed by atoms with Crippen LogP contribution in [-0.4, -0.2) is 43.0 Å². The van der Waals surface area contributed by atoms with E-state index in [1.165, 1.54) is 11.8 Å². The van der Waals surface area contributed by atoms with Crippen molar-refractivity contribution in [3.8, 4) is 17.0 Å². The average Bonchev–Trinajstić information content (AvgIpc) is 3.43. The minimum atomic E-state index is -0.0871. The number of hydrogen-bond donors (Lipinski definition) is 1. The van der Waals surface area contributed by atoms with E-state index in [2.05, 4.69) is 20.6 Å². The lowest BCUT2D eigenvalue weighted by atomic mass is 10.1. The Kier molecular flexibility index (Phi) is 5.47. The molecule has 0 fully saturated rings. The van der Waals surface area contributed by atoms with Crippen molar-refractivity contribution in [2.75, 3.05) is 18.2 Å². The van der Waals surface area contributed by atoms with Gasteiger partial charge in [0.25, 0.3) is 0 Å². The fourth-order valence-electron chi connectivity index (χ4n) is 3.66. The number of anilines is 1. The molecular weight excluding hydrogens is 436 g/mol. The summed E-state index contributed by atoms with van der Waals surface area (Å²) in [5.74, 6) is 0.942. The van der Waals surface area contributed by atoms with Gasteiger partial charge >= 0.3 is 0 Å². The number of ether oxygens (including phenoxy) is 1. The van der Waals surface area contributed by atoms with Crippen molar-refractivity contribution in [2.45, 2.75) is 19.0 Å². The second kappa shape index (κ2) is 8.59. The molecule has 2 aromatic carbocycles. The van der Waals surface area contributed by atoms with Gasteiger partial charge < -0.3 is 10.1 Å². The molecule has 5 rings (SSSR count). The molecule has 5 aromatic rings. The van der Waals surface area contributed by atoms with E-state index in [0.717, 1.165) is 39.3 Å². The first-order valence-corrected chi connectivity index (χ1v) is 11.4. The van der Waals surface area contributed by atoms with Gasteiger partial charge in [0.1, 0.15) is 11.3 Å². The van der Waals surface area contributed by atoms with Gasteiger partial charge in [-0.15, -0.1) is 10.2 Å². The number of fused-ring (bicyclic) bond motifs is 3. The summed E-state index contributed by atoms with van der Waals surface area (Å²) in [5.41, 5.74) is 6.35. The zero-order valence-corrected chi connectivity index (χ0v) is 19.3. The summed E-state index contributed by atoms with van der Waals surface area (Å²) in [5, 5.41) is 16.9. The van der Waals surface area contributed by atoms with E-state index in [9.17, 15) is 4.79 Å². The fourth-order valence-corrected chi connectivity index (χ4v) is 4.38. The van der Waals surface area contributed by atoms with E-state index in [1.807, 2.05) is 79.2 Å². The third-order valence-electron chi connectivity index (χ3n) is 5.36. The number of aromatic nitrogens is 5. The van der Waals surface area contributed by atoms with Crippen LogP contribution in [-0.2, 0) is 4.79 Å². The van der Waals surface area contributed by atoms with Crippen LogP contribution in [0.5, 0.6) is 5.75 Å². The molecule has 9 heteroatoms. The molecule has 0 aliphatic heterocycles. The predicted molar refractivity (Wildman–Crippen MR) is 129 cm³/mol. The van der Waals surface area contributed by atoms with Gasteiger partial charge in [-0.1, -0.05) is 29.5 Å². The minimum Gasteiger partial charge on any atom is -0.497 e. The quantitative estimate of drug-likeness (QED) is 0.380. The number of benzene rings is 2. The first-order chi connectivity index (χ1) is 16.0. The number of nitrogens with one attached hydrogen (secondary N) is 1.